The fourth-order valence-corrected chi connectivity index (χ4v) is 2.15. The van der Waals surface area contributed by atoms with Crippen molar-refractivity contribution < 1.29 is 4.74 Å². The molecule has 15 heavy (non-hydrogen) atoms. The van der Waals surface area contributed by atoms with E-state index in [2.05, 4.69) is 22.2 Å². The third-order valence-corrected chi connectivity index (χ3v) is 3.03. The van der Waals surface area contributed by atoms with Crippen LogP contribution in [0.15, 0.2) is 12.5 Å². The van der Waals surface area contributed by atoms with Gasteiger partial charge in [-0.3, -0.25) is 0 Å². The summed E-state index contributed by atoms with van der Waals surface area (Å²) in [5.41, 5.74) is 1.14. The Kier molecular flexibility index (Phi) is 3.75. The van der Waals surface area contributed by atoms with E-state index in [0.717, 1.165) is 31.8 Å². The molecule has 2 rings (SSSR count). The monoisotopic (exact) mass is 209 g/mol. The van der Waals surface area contributed by atoms with E-state index in [1.165, 1.54) is 6.42 Å². The summed E-state index contributed by atoms with van der Waals surface area (Å²) in [7, 11) is 0. The van der Waals surface area contributed by atoms with Gasteiger partial charge in [-0.1, -0.05) is 6.92 Å². The summed E-state index contributed by atoms with van der Waals surface area (Å²) in [5.74, 6) is 0.679. The molecule has 0 aromatic carbocycles. The number of aromatic nitrogens is 2. The molecule has 4 nitrogen and oxygen atoms in total. The number of nitrogens with zero attached hydrogens (tertiary/aromatic N) is 1. The second kappa shape index (κ2) is 5.28. The zero-order valence-corrected chi connectivity index (χ0v) is 9.20. The average molecular weight is 209 g/mol. The first-order valence-electron chi connectivity index (χ1n) is 5.69. The molecule has 2 heterocycles. The van der Waals surface area contributed by atoms with Gasteiger partial charge in [0.05, 0.1) is 12.4 Å². The highest BCUT2D eigenvalue weighted by Gasteiger charge is 2.25. The number of aromatic amines is 1. The van der Waals surface area contributed by atoms with Crippen molar-refractivity contribution in [1.29, 1.82) is 0 Å². The summed E-state index contributed by atoms with van der Waals surface area (Å²) >= 11 is 0. The maximum atomic E-state index is 5.64. The first-order chi connectivity index (χ1) is 7.40. The number of hydrogen-bond acceptors (Lipinski definition) is 3. The van der Waals surface area contributed by atoms with Gasteiger partial charge in [0.1, 0.15) is 0 Å². The van der Waals surface area contributed by atoms with Gasteiger partial charge >= 0.3 is 0 Å². The Balaban J connectivity index is 1.69. The Morgan fingerprint density at radius 3 is 3.33 bits per heavy atom. The normalized spacial score (nSPS) is 25.9. The summed E-state index contributed by atoms with van der Waals surface area (Å²) in [6.07, 6.45) is 6.34. The Bertz CT molecular complexity index is 273. The van der Waals surface area contributed by atoms with Crippen molar-refractivity contribution >= 4 is 0 Å². The van der Waals surface area contributed by atoms with Crippen molar-refractivity contribution in [1.82, 2.24) is 15.3 Å². The van der Waals surface area contributed by atoms with E-state index in [9.17, 15) is 0 Å². The lowest BCUT2D eigenvalue weighted by molar-refractivity contribution is 0.0872. The number of imidazole rings is 1. The first-order valence-corrected chi connectivity index (χ1v) is 5.69. The zero-order chi connectivity index (χ0) is 10.5. The third-order valence-electron chi connectivity index (χ3n) is 3.03. The van der Waals surface area contributed by atoms with Crippen molar-refractivity contribution in [3.63, 3.8) is 0 Å². The summed E-state index contributed by atoms with van der Waals surface area (Å²) in [6.45, 7) is 5.03. The van der Waals surface area contributed by atoms with E-state index < -0.39 is 0 Å². The molecule has 0 spiro atoms. The molecule has 1 aliphatic heterocycles. The second-order valence-electron chi connectivity index (χ2n) is 4.07. The van der Waals surface area contributed by atoms with E-state index in [-0.39, 0.29) is 0 Å². The molecule has 0 saturated carbocycles. The van der Waals surface area contributed by atoms with Crippen molar-refractivity contribution in [2.75, 3.05) is 13.2 Å². The lowest BCUT2D eigenvalue weighted by Gasteiger charge is -2.16. The van der Waals surface area contributed by atoms with Crippen molar-refractivity contribution in [3.8, 4) is 0 Å². The molecule has 2 N–H and O–H groups in total. The molecule has 2 atom stereocenters. The zero-order valence-electron chi connectivity index (χ0n) is 9.20. The molecular formula is C11H19N3O. The molecule has 2 unspecified atom stereocenters. The molecule has 1 aromatic heterocycles. The van der Waals surface area contributed by atoms with Crippen molar-refractivity contribution in [2.45, 2.75) is 32.4 Å². The largest absolute Gasteiger partial charge is 0.378 e. The van der Waals surface area contributed by atoms with Gasteiger partial charge in [0.2, 0.25) is 0 Å². The smallest absolute Gasteiger partial charge is 0.0922 e. The van der Waals surface area contributed by atoms with Crippen LogP contribution in [0.3, 0.4) is 0 Å². The van der Waals surface area contributed by atoms with Crippen LogP contribution in [0.4, 0.5) is 0 Å². The minimum absolute atomic E-state index is 0.458. The maximum absolute atomic E-state index is 5.64. The van der Waals surface area contributed by atoms with Gasteiger partial charge in [-0.25, -0.2) is 4.98 Å². The van der Waals surface area contributed by atoms with Crippen LogP contribution in [0.5, 0.6) is 0 Å². The highest BCUT2D eigenvalue weighted by atomic mass is 16.5. The molecule has 4 heteroatoms. The number of nitrogens with one attached hydrogen (secondary N) is 2. The second-order valence-corrected chi connectivity index (χ2v) is 4.07. The fourth-order valence-electron chi connectivity index (χ4n) is 2.15. The van der Waals surface area contributed by atoms with Crippen molar-refractivity contribution in [2.24, 2.45) is 5.92 Å². The number of ether oxygens (including phenoxy) is 1. The molecule has 84 valence electrons. The average Bonchev–Trinajstić information content (AvgIpc) is 2.88. The van der Waals surface area contributed by atoms with E-state index in [0.29, 0.717) is 12.0 Å². The minimum atomic E-state index is 0.458. The van der Waals surface area contributed by atoms with Gasteiger partial charge in [-0.15, -0.1) is 0 Å². The van der Waals surface area contributed by atoms with E-state index in [1.54, 1.807) is 6.33 Å². The van der Waals surface area contributed by atoms with Gasteiger partial charge in [0.15, 0.2) is 0 Å². The van der Waals surface area contributed by atoms with Gasteiger partial charge in [0, 0.05) is 31.6 Å². The topological polar surface area (TPSA) is 49.9 Å². The van der Waals surface area contributed by atoms with Crippen LogP contribution in [0.25, 0.3) is 0 Å². The maximum Gasteiger partial charge on any atom is 0.0922 e. The van der Waals surface area contributed by atoms with Crippen LogP contribution in [0.2, 0.25) is 0 Å². The molecule has 0 radical (unpaired) electrons. The highest BCUT2D eigenvalue weighted by molar-refractivity contribution is 4.93. The van der Waals surface area contributed by atoms with Gasteiger partial charge < -0.3 is 15.0 Å². The van der Waals surface area contributed by atoms with Crippen LogP contribution in [-0.4, -0.2) is 29.2 Å². The lowest BCUT2D eigenvalue weighted by atomic mass is 10.00. The molecular weight excluding hydrogens is 190 g/mol. The number of H-pyrrole nitrogens is 1. The molecule has 0 bridgehead atoms. The summed E-state index contributed by atoms with van der Waals surface area (Å²) in [4.78, 5) is 7.07. The Morgan fingerprint density at radius 1 is 1.67 bits per heavy atom. The summed E-state index contributed by atoms with van der Waals surface area (Å²) in [6, 6.07) is 0. The quantitative estimate of drug-likeness (QED) is 0.769. The van der Waals surface area contributed by atoms with E-state index in [1.807, 2.05) is 6.20 Å². The van der Waals surface area contributed by atoms with Crippen LogP contribution >= 0.6 is 0 Å². The fraction of sp³-hybridized carbons (Fsp3) is 0.727. The predicted molar refractivity (Wildman–Crippen MR) is 58.4 cm³/mol. The molecule has 1 saturated heterocycles. The first kappa shape index (κ1) is 10.6. The molecule has 0 aliphatic carbocycles. The van der Waals surface area contributed by atoms with E-state index in [4.69, 9.17) is 4.74 Å². The third kappa shape index (κ3) is 2.79. The highest BCUT2D eigenvalue weighted by Crippen LogP contribution is 2.22. The molecule has 1 aromatic rings. The molecule has 0 amide bonds. The predicted octanol–water partition coefficient (Wildman–Crippen LogP) is 1.31. The minimum Gasteiger partial charge on any atom is -0.378 e. The van der Waals surface area contributed by atoms with Gasteiger partial charge in [-0.05, 0) is 18.8 Å². The van der Waals surface area contributed by atoms with Crippen LogP contribution in [0, 0.1) is 5.92 Å². The Hall–Kier alpha value is -0.870. The van der Waals surface area contributed by atoms with Gasteiger partial charge in [0.25, 0.3) is 0 Å². The van der Waals surface area contributed by atoms with Crippen molar-refractivity contribution in [3.05, 3.63) is 18.2 Å². The number of rotatable bonds is 5. The summed E-state index contributed by atoms with van der Waals surface area (Å²) in [5, 5.41) is 3.44. The standard InChI is InChI=1S/C11H19N3O/c1-2-11-9(3-4-15-11)5-12-6-10-7-13-8-14-10/h7-9,11-12H,2-6H2,1H3,(H,13,14). The molecule has 1 aliphatic rings. The van der Waals surface area contributed by atoms with Crippen LogP contribution in [-0.2, 0) is 11.3 Å². The van der Waals surface area contributed by atoms with Crippen LogP contribution < -0.4 is 5.32 Å². The molecule has 1 fully saturated rings. The summed E-state index contributed by atoms with van der Waals surface area (Å²) < 4.78 is 5.64. The number of hydrogen-bond donors (Lipinski definition) is 2. The van der Waals surface area contributed by atoms with Gasteiger partial charge in [-0.2, -0.15) is 0 Å². The SMILES string of the molecule is CCC1OCCC1CNCc1cnc[nH]1. The van der Waals surface area contributed by atoms with Crippen LogP contribution in [0.1, 0.15) is 25.5 Å². The lowest BCUT2D eigenvalue weighted by Crippen LogP contribution is -2.28. The van der Waals surface area contributed by atoms with E-state index >= 15 is 0 Å². The Labute approximate surface area is 90.4 Å². The Morgan fingerprint density at radius 2 is 2.60 bits per heavy atom.